The van der Waals surface area contributed by atoms with Crippen molar-refractivity contribution < 1.29 is 14.6 Å². The predicted molar refractivity (Wildman–Crippen MR) is 117 cm³/mol. The van der Waals surface area contributed by atoms with Crippen LogP contribution in [0.25, 0.3) is 0 Å². The van der Waals surface area contributed by atoms with Gasteiger partial charge in [0.2, 0.25) is 0 Å². The molecule has 7 heteroatoms. The molecule has 2 aromatic rings. The second-order valence-electron chi connectivity index (χ2n) is 8.04. The monoisotopic (exact) mass is 414 g/mol. The summed E-state index contributed by atoms with van der Waals surface area (Å²) in [6, 6.07) is 7.87. The molecule has 0 spiro atoms. The van der Waals surface area contributed by atoms with Gasteiger partial charge in [-0.15, -0.1) is 0 Å². The fourth-order valence-electron chi connectivity index (χ4n) is 3.84. The van der Waals surface area contributed by atoms with Gasteiger partial charge in [-0.25, -0.2) is 9.97 Å². The third kappa shape index (κ3) is 7.23. The SMILES string of the molecule is COc1cc(CN(C)Cc2ccncn2)ccc1OC[C@H](O)CN1CCCCCC1. The molecular formula is C23H34N4O3. The van der Waals surface area contributed by atoms with E-state index in [1.165, 1.54) is 25.7 Å². The number of rotatable bonds is 10. The molecule has 0 aliphatic carbocycles. The lowest BCUT2D eigenvalue weighted by molar-refractivity contribution is 0.0683. The van der Waals surface area contributed by atoms with E-state index in [1.807, 2.05) is 24.3 Å². The van der Waals surface area contributed by atoms with E-state index in [-0.39, 0.29) is 6.61 Å². The Morgan fingerprint density at radius 3 is 2.60 bits per heavy atom. The molecule has 1 atom stereocenters. The van der Waals surface area contributed by atoms with Crippen molar-refractivity contribution in [2.75, 3.05) is 40.4 Å². The molecule has 0 saturated carbocycles. The first-order chi connectivity index (χ1) is 14.6. The summed E-state index contributed by atoms with van der Waals surface area (Å²) >= 11 is 0. The molecule has 2 heterocycles. The summed E-state index contributed by atoms with van der Waals surface area (Å²) in [5, 5.41) is 10.4. The molecule has 1 fully saturated rings. The van der Waals surface area contributed by atoms with E-state index >= 15 is 0 Å². The van der Waals surface area contributed by atoms with Crippen molar-refractivity contribution in [3.05, 3.63) is 48.0 Å². The first-order valence-electron chi connectivity index (χ1n) is 10.8. The number of aliphatic hydroxyl groups is 1. The summed E-state index contributed by atoms with van der Waals surface area (Å²) in [6.45, 7) is 4.56. The van der Waals surface area contributed by atoms with Crippen molar-refractivity contribution in [3.63, 3.8) is 0 Å². The summed E-state index contributed by atoms with van der Waals surface area (Å²) in [5.74, 6) is 1.35. The Bertz CT molecular complexity index is 751. The lowest BCUT2D eigenvalue weighted by Gasteiger charge is -2.23. The third-order valence-electron chi connectivity index (χ3n) is 5.35. The number of β-amino-alcohol motifs (C(OH)–C–C–N with tert-alkyl or cyclic N) is 1. The molecule has 1 aliphatic heterocycles. The number of benzene rings is 1. The van der Waals surface area contributed by atoms with Crippen molar-refractivity contribution in [2.24, 2.45) is 0 Å². The Labute approximate surface area is 179 Å². The molecule has 1 aliphatic rings. The Morgan fingerprint density at radius 1 is 1.10 bits per heavy atom. The Kier molecular flexibility index (Phi) is 8.86. The van der Waals surface area contributed by atoms with E-state index in [2.05, 4.69) is 26.8 Å². The van der Waals surface area contributed by atoms with Crippen LogP contribution in [0.3, 0.4) is 0 Å². The van der Waals surface area contributed by atoms with Crippen LogP contribution >= 0.6 is 0 Å². The maximum absolute atomic E-state index is 10.4. The second kappa shape index (κ2) is 11.8. The summed E-state index contributed by atoms with van der Waals surface area (Å²) in [7, 11) is 3.70. The lowest BCUT2D eigenvalue weighted by atomic mass is 10.2. The number of hydrogen-bond acceptors (Lipinski definition) is 7. The molecule has 0 bridgehead atoms. The number of aliphatic hydroxyl groups excluding tert-OH is 1. The van der Waals surface area contributed by atoms with Crippen LogP contribution in [0, 0.1) is 0 Å². The highest BCUT2D eigenvalue weighted by Crippen LogP contribution is 2.29. The van der Waals surface area contributed by atoms with E-state index in [0.717, 1.165) is 37.4 Å². The Morgan fingerprint density at radius 2 is 1.90 bits per heavy atom. The molecule has 3 rings (SSSR count). The highest BCUT2D eigenvalue weighted by Gasteiger charge is 2.15. The zero-order valence-corrected chi connectivity index (χ0v) is 18.2. The van der Waals surface area contributed by atoms with Gasteiger partial charge >= 0.3 is 0 Å². The van der Waals surface area contributed by atoms with E-state index < -0.39 is 6.10 Å². The zero-order valence-electron chi connectivity index (χ0n) is 18.2. The molecule has 0 amide bonds. The number of nitrogens with zero attached hydrogens (tertiary/aromatic N) is 4. The van der Waals surface area contributed by atoms with E-state index in [4.69, 9.17) is 9.47 Å². The van der Waals surface area contributed by atoms with Gasteiger partial charge in [0.05, 0.1) is 12.8 Å². The molecule has 0 radical (unpaired) electrons. The largest absolute Gasteiger partial charge is 0.493 e. The summed E-state index contributed by atoms with van der Waals surface area (Å²) in [4.78, 5) is 12.8. The van der Waals surface area contributed by atoms with Gasteiger partial charge in [0.1, 0.15) is 19.0 Å². The van der Waals surface area contributed by atoms with Gasteiger partial charge < -0.3 is 19.5 Å². The zero-order chi connectivity index (χ0) is 21.2. The van der Waals surface area contributed by atoms with Crippen LogP contribution in [0.4, 0.5) is 0 Å². The summed E-state index contributed by atoms with van der Waals surface area (Å²) < 4.78 is 11.4. The molecular weight excluding hydrogens is 380 g/mol. The molecule has 7 nitrogen and oxygen atoms in total. The smallest absolute Gasteiger partial charge is 0.161 e. The van der Waals surface area contributed by atoms with Crippen molar-refractivity contribution in [2.45, 2.75) is 44.9 Å². The minimum Gasteiger partial charge on any atom is -0.493 e. The number of ether oxygens (including phenoxy) is 2. The minimum absolute atomic E-state index is 0.264. The molecule has 0 unspecified atom stereocenters. The van der Waals surface area contributed by atoms with Gasteiger partial charge in [-0.2, -0.15) is 0 Å². The van der Waals surface area contributed by atoms with Gasteiger partial charge in [-0.05, 0) is 56.7 Å². The van der Waals surface area contributed by atoms with Gasteiger partial charge in [0.25, 0.3) is 0 Å². The number of hydrogen-bond donors (Lipinski definition) is 1. The first kappa shape index (κ1) is 22.5. The molecule has 164 valence electrons. The number of aromatic nitrogens is 2. The maximum Gasteiger partial charge on any atom is 0.161 e. The van der Waals surface area contributed by atoms with Crippen molar-refractivity contribution >= 4 is 0 Å². The van der Waals surface area contributed by atoms with Gasteiger partial charge in [-0.3, -0.25) is 4.90 Å². The fraction of sp³-hybridized carbons (Fsp3) is 0.565. The topological polar surface area (TPSA) is 71.0 Å². The first-order valence-corrected chi connectivity index (χ1v) is 10.8. The normalized spacial score (nSPS) is 16.3. The molecule has 1 aromatic carbocycles. The van der Waals surface area contributed by atoms with Gasteiger partial charge in [-0.1, -0.05) is 18.9 Å². The van der Waals surface area contributed by atoms with Gasteiger partial charge in [0, 0.05) is 25.8 Å². The summed E-state index contributed by atoms with van der Waals surface area (Å²) in [6.07, 6.45) is 7.84. The van der Waals surface area contributed by atoms with E-state index in [1.54, 1.807) is 19.6 Å². The quantitative estimate of drug-likeness (QED) is 0.641. The Balaban J connectivity index is 1.50. The van der Waals surface area contributed by atoms with E-state index in [9.17, 15) is 5.11 Å². The standard InChI is InChI=1S/C23H34N4O3/c1-26(15-20-9-10-24-18-25-20)14-19-7-8-22(23(13-19)29-2)30-17-21(28)16-27-11-5-3-4-6-12-27/h7-10,13,18,21,28H,3-6,11-12,14-17H2,1-2H3/t21-/m1/s1. The highest BCUT2D eigenvalue weighted by atomic mass is 16.5. The predicted octanol–water partition coefficient (Wildman–Crippen LogP) is 2.73. The lowest BCUT2D eigenvalue weighted by Crippen LogP contribution is -2.36. The average molecular weight is 415 g/mol. The highest BCUT2D eigenvalue weighted by molar-refractivity contribution is 5.43. The maximum atomic E-state index is 10.4. The third-order valence-corrected chi connectivity index (χ3v) is 5.35. The van der Waals surface area contributed by atoms with Crippen LogP contribution in [0.2, 0.25) is 0 Å². The number of methoxy groups -OCH3 is 1. The van der Waals surface area contributed by atoms with Crippen LogP contribution in [-0.4, -0.2) is 71.4 Å². The molecule has 1 N–H and O–H groups in total. The van der Waals surface area contributed by atoms with Crippen LogP contribution < -0.4 is 9.47 Å². The molecule has 30 heavy (non-hydrogen) atoms. The van der Waals surface area contributed by atoms with E-state index in [0.29, 0.717) is 18.0 Å². The summed E-state index contributed by atoms with van der Waals surface area (Å²) in [5.41, 5.74) is 2.11. The van der Waals surface area contributed by atoms with Crippen LogP contribution in [0.5, 0.6) is 11.5 Å². The average Bonchev–Trinajstić information content (AvgIpc) is 3.02. The van der Waals surface area contributed by atoms with Crippen molar-refractivity contribution in [1.29, 1.82) is 0 Å². The van der Waals surface area contributed by atoms with Gasteiger partial charge in [0.15, 0.2) is 11.5 Å². The number of likely N-dealkylation sites (tertiary alicyclic amines) is 1. The van der Waals surface area contributed by atoms with Crippen LogP contribution in [-0.2, 0) is 13.1 Å². The minimum atomic E-state index is -0.508. The molecule has 1 saturated heterocycles. The second-order valence-corrected chi connectivity index (χ2v) is 8.04. The van der Waals surface area contributed by atoms with Crippen LogP contribution in [0.15, 0.2) is 36.8 Å². The van der Waals surface area contributed by atoms with Crippen molar-refractivity contribution in [1.82, 2.24) is 19.8 Å². The molecule has 1 aromatic heterocycles. The fourth-order valence-corrected chi connectivity index (χ4v) is 3.84. The van der Waals surface area contributed by atoms with Crippen molar-refractivity contribution in [3.8, 4) is 11.5 Å². The van der Waals surface area contributed by atoms with Crippen LogP contribution in [0.1, 0.15) is 36.9 Å². The Hall–Kier alpha value is -2.22.